The molecule has 2 nitrogen and oxygen atoms in total. The molecular formula is C10H19O2. The van der Waals surface area contributed by atoms with Gasteiger partial charge in [0.1, 0.15) is 0 Å². The summed E-state index contributed by atoms with van der Waals surface area (Å²) in [5.74, 6) is -0.159. The van der Waals surface area contributed by atoms with Crippen LogP contribution >= 0.6 is 0 Å². The molecule has 0 aromatic heterocycles. The molecule has 0 amide bonds. The molecule has 0 aromatic rings. The van der Waals surface area contributed by atoms with Gasteiger partial charge >= 0.3 is 5.97 Å². The normalized spacial score (nSPS) is 9.83. The minimum atomic E-state index is -0.159. The molecule has 0 rings (SSSR count). The van der Waals surface area contributed by atoms with Crippen molar-refractivity contribution in [3.05, 3.63) is 6.42 Å². The summed E-state index contributed by atoms with van der Waals surface area (Å²) in [4.78, 5) is 10.9. The lowest BCUT2D eigenvalue weighted by molar-refractivity contribution is -0.139. The highest BCUT2D eigenvalue weighted by Gasteiger charge is 2.00. The van der Waals surface area contributed by atoms with Crippen LogP contribution in [0.15, 0.2) is 0 Å². The number of esters is 1. The van der Waals surface area contributed by atoms with Crippen molar-refractivity contribution in [1.82, 2.24) is 0 Å². The molecule has 0 N–H and O–H groups in total. The average molecular weight is 171 g/mol. The second-order valence-electron chi connectivity index (χ2n) is 2.87. The van der Waals surface area contributed by atoms with Crippen LogP contribution in [0.2, 0.25) is 0 Å². The number of carbonyl (C=O) groups is 1. The van der Waals surface area contributed by atoms with Gasteiger partial charge < -0.3 is 4.74 Å². The number of rotatable bonds is 7. The van der Waals surface area contributed by atoms with Crippen molar-refractivity contribution in [3.63, 3.8) is 0 Å². The lowest BCUT2D eigenvalue weighted by Gasteiger charge is -2.01. The zero-order chi connectivity index (χ0) is 9.23. The van der Waals surface area contributed by atoms with E-state index in [2.05, 4.69) is 6.92 Å². The first kappa shape index (κ1) is 11.5. The maximum Gasteiger partial charge on any atom is 0.309 e. The lowest BCUT2D eigenvalue weighted by Crippen LogP contribution is -2.05. The minimum absolute atomic E-state index is 0.159. The predicted molar refractivity (Wildman–Crippen MR) is 49.7 cm³/mol. The Balaban J connectivity index is 3.08. The van der Waals surface area contributed by atoms with Gasteiger partial charge in [0.2, 0.25) is 0 Å². The van der Waals surface area contributed by atoms with Gasteiger partial charge in [-0.2, -0.15) is 0 Å². The van der Waals surface area contributed by atoms with Gasteiger partial charge in [-0.25, -0.2) is 0 Å². The van der Waals surface area contributed by atoms with Gasteiger partial charge in [0.25, 0.3) is 0 Å². The van der Waals surface area contributed by atoms with Gasteiger partial charge in [-0.3, -0.25) is 4.79 Å². The molecule has 0 aliphatic heterocycles. The number of hydrogen-bond donors (Lipinski definition) is 0. The third kappa shape index (κ3) is 7.58. The van der Waals surface area contributed by atoms with E-state index in [-0.39, 0.29) is 5.97 Å². The van der Waals surface area contributed by atoms with Crippen molar-refractivity contribution in [2.75, 3.05) is 6.61 Å². The third-order valence-corrected chi connectivity index (χ3v) is 1.57. The summed E-state index contributed by atoms with van der Waals surface area (Å²) in [7, 11) is 0. The van der Waals surface area contributed by atoms with Crippen molar-refractivity contribution < 1.29 is 9.53 Å². The Morgan fingerprint density at radius 1 is 1.25 bits per heavy atom. The van der Waals surface area contributed by atoms with Gasteiger partial charge in [0.05, 0.1) is 13.0 Å². The highest BCUT2D eigenvalue weighted by molar-refractivity contribution is 5.78. The Morgan fingerprint density at radius 2 is 2.00 bits per heavy atom. The SMILES string of the molecule is CCCCC[CH]C(=O)OCCC. The van der Waals surface area contributed by atoms with E-state index in [0.29, 0.717) is 6.61 Å². The molecule has 0 atom stereocenters. The molecule has 0 saturated carbocycles. The predicted octanol–water partition coefficient (Wildman–Crippen LogP) is 2.72. The first-order valence-electron chi connectivity index (χ1n) is 4.81. The zero-order valence-corrected chi connectivity index (χ0v) is 8.14. The van der Waals surface area contributed by atoms with Crippen LogP contribution in [-0.2, 0) is 9.53 Å². The fourth-order valence-corrected chi connectivity index (χ4v) is 0.876. The maximum atomic E-state index is 10.9. The monoisotopic (exact) mass is 171 g/mol. The molecule has 0 aliphatic rings. The Hall–Kier alpha value is -0.530. The number of hydrogen-bond acceptors (Lipinski definition) is 2. The fourth-order valence-electron chi connectivity index (χ4n) is 0.876. The van der Waals surface area contributed by atoms with Crippen LogP contribution < -0.4 is 0 Å². The molecule has 0 aliphatic carbocycles. The Labute approximate surface area is 75.3 Å². The molecule has 0 unspecified atom stereocenters. The van der Waals surface area contributed by atoms with Crippen molar-refractivity contribution in [1.29, 1.82) is 0 Å². The summed E-state index contributed by atoms with van der Waals surface area (Å²) < 4.78 is 4.88. The molecule has 0 aromatic carbocycles. The first-order valence-corrected chi connectivity index (χ1v) is 4.81. The molecule has 0 saturated heterocycles. The highest BCUT2D eigenvalue weighted by atomic mass is 16.5. The van der Waals surface area contributed by atoms with E-state index in [0.717, 1.165) is 19.3 Å². The number of unbranched alkanes of at least 4 members (excludes halogenated alkanes) is 3. The maximum absolute atomic E-state index is 10.9. The van der Waals surface area contributed by atoms with Crippen LogP contribution in [-0.4, -0.2) is 12.6 Å². The number of carbonyl (C=O) groups excluding carboxylic acids is 1. The molecule has 0 bridgehead atoms. The van der Waals surface area contributed by atoms with E-state index >= 15 is 0 Å². The van der Waals surface area contributed by atoms with Crippen molar-refractivity contribution in [3.8, 4) is 0 Å². The van der Waals surface area contributed by atoms with Crippen LogP contribution in [0.3, 0.4) is 0 Å². The molecule has 1 radical (unpaired) electrons. The second-order valence-corrected chi connectivity index (χ2v) is 2.87. The first-order chi connectivity index (χ1) is 5.81. The van der Waals surface area contributed by atoms with E-state index in [4.69, 9.17) is 4.74 Å². The molecular weight excluding hydrogens is 152 g/mol. The molecule has 0 heterocycles. The smallest absolute Gasteiger partial charge is 0.309 e. The Kier molecular flexibility index (Phi) is 8.19. The van der Waals surface area contributed by atoms with E-state index in [1.165, 1.54) is 12.8 Å². The Morgan fingerprint density at radius 3 is 2.58 bits per heavy atom. The summed E-state index contributed by atoms with van der Waals surface area (Å²) in [6.45, 7) is 4.68. The quantitative estimate of drug-likeness (QED) is 0.435. The van der Waals surface area contributed by atoms with Crippen LogP contribution in [0.4, 0.5) is 0 Å². The largest absolute Gasteiger partial charge is 0.465 e. The average Bonchev–Trinajstić information content (AvgIpc) is 2.09. The van der Waals surface area contributed by atoms with Crippen molar-refractivity contribution >= 4 is 5.97 Å². The van der Waals surface area contributed by atoms with E-state index in [1.54, 1.807) is 6.42 Å². The summed E-state index contributed by atoms with van der Waals surface area (Å²) >= 11 is 0. The van der Waals surface area contributed by atoms with Gasteiger partial charge in [0, 0.05) is 0 Å². The number of ether oxygens (including phenoxy) is 1. The molecule has 71 valence electrons. The van der Waals surface area contributed by atoms with E-state index < -0.39 is 0 Å². The molecule has 0 fully saturated rings. The van der Waals surface area contributed by atoms with Gasteiger partial charge in [-0.15, -0.1) is 0 Å². The van der Waals surface area contributed by atoms with Crippen LogP contribution in [0, 0.1) is 6.42 Å². The van der Waals surface area contributed by atoms with Gasteiger partial charge in [0.15, 0.2) is 0 Å². The van der Waals surface area contributed by atoms with Gasteiger partial charge in [-0.05, 0) is 12.8 Å². The zero-order valence-electron chi connectivity index (χ0n) is 8.14. The highest BCUT2D eigenvalue weighted by Crippen LogP contribution is 2.02. The van der Waals surface area contributed by atoms with Crippen LogP contribution in [0.25, 0.3) is 0 Å². The summed E-state index contributed by atoms with van der Waals surface area (Å²) in [5, 5.41) is 0. The minimum Gasteiger partial charge on any atom is -0.465 e. The standard InChI is InChI=1S/C10H19O2/c1-3-5-6-7-8-10(11)12-9-4-2/h8H,3-7,9H2,1-2H3. The van der Waals surface area contributed by atoms with Gasteiger partial charge in [-0.1, -0.05) is 33.1 Å². The van der Waals surface area contributed by atoms with Crippen LogP contribution in [0.1, 0.15) is 46.0 Å². The molecule has 2 heteroatoms. The van der Waals surface area contributed by atoms with E-state index in [1.807, 2.05) is 6.92 Å². The van der Waals surface area contributed by atoms with E-state index in [9.17, 15) is 4.79 Å². The summed E-state index contributed by atoms with van der Waals surface area (Å²) in [5.41, 5.74) is 0. The second kappa shape index (κ2) is 8.57. The van der Waals surface area contributed by atoms with Crippen molar-refractivity contribution in [2.24, 2.45) is 0 Å². The van der Waals surface area contributed by atoms with Crippen molar-refractivity contribution in [2.45, 2.75) is 46.0 Å². The summed E-state index contributed by atoms with van der Waals surface area (Å²) in [6, 6.07) is 0. The molecule has 0 spiro atoms. The third-order valence-electron chi connectivity index (χ3n) is 1.57. The summed E-state index contributed by atoms with van der Waals surface area (Å²) in [6.07, 6.45) is 6.88. The lowest BCUT2D eigenvalue weighted by atomic mass is 10.2. The van der Waals surface area contributed by atoms with Crippen LogP contribution in [0.5, 0.6) is 0 Å². The Bertz CT molecular complexity index is 110. The topological polar surface area (TPSA) is 26.3 Å². The fraction of sp³-hybridized carbons (Fsp3) is 0.800. The molecule has 12 heavy (non-hydrogen) atoms.